The van der Waals surface area contributed by atoms with E-state index in [0.717, 1.165) is 0 Å². The maximum atomic E-state index is 3.48. The zero-order valence-corrected chi connectivity index (χ0v) is 13.4. The van der Waals surface area contributed by atoms with Gasteiger partial charge in [-0.1, -0.05) is 24.3 Å². The number of nitrogens with one attached hydrogen (secondary N) is 1. The Bertz CT molecular complexity index is 418. The first-order valence-corrected chi connectivity index (χ1v) is 7.77. The third-order valence-corrected chi connectivity index (χ3v) is 4.69. The molecule has 1 saturated heterocycles. The Balaban J connectivity index is 1.90. The van der Waals surface area contributed by atoms with Gasteiger partial charge in [-0.25, -0.2) is 0 Å². The van der Waals surface area contributed by atoms with E-state index in [0.29, 0.717) is 12.1 Å². The van der Waals surface area contributed by atoms with Crippen molar-refractivity contribution in [3.05, 3.63) is 35.4 Å². The summed E-state index contributed by atoms with van der Waals surface area (Å²) >= 11 is 0. The van der Waals surface area contributed by atoms with Crippen molar-refractivity contribution < 1.29 is 0 Å². The van der Waals surface area contributed by atoms with Crippen LogP contribution in [0.25, 0.3) is 0 Å². The van der Waals surface area contributed by atoms with E-state index in [1.807, 2.05) is 0 Å². The Kier molecular flexibility index (Phi) is 5.58. The lowest BCUT2D eigenvalue weighted by Crippen LogP contribution is -2.50. The number of benzene rings is 1. The monoisotopic (exact) mass is 275 g/mol. The predicted molar refractivity (Wildman–Crippen MR) is 86.1 cm³/mol. The van der Waals surface area contributed by atoms with Crippen LogP contribution in [0.15, 0.2) is 24.3 Å². The summed E-state index contributed by atoms with van der Waals surface area (Å²) in [4.78, 5) is 5.06. The van der Waals surface area contributed by atoms with Crippen molar-refractivity contribution in [1.82, 2.24) is 15.1 Å². The molecule has 20 heavy (non-hydrogen) atoms. The Labute approximate surface area is 124 Å². The lowest BCUT2D eigenvalue weighted by atomic mass is 9.98. The molecule has 112 valence electrons. The topological polar surface area (TPSA) is 18.5 Å². The Morgan fingerprint density at radius 1 is 1.30 bits per heavy atom. The summed E-state index contributed by atoms with van der Waals surface area (Å²) in [6.45, 7) is 9.29. The molecule has 1 aromatic carbocycles. The highest BCUT2D eigenvalue weighted by molar-refractivity contribution is 5.28. The van der Waals surface area contributed by atoms with Crippen LogP contribution < -0.4 is 5.32 Å². The summed E-state index contributed by atoms with van der Waals surface area (Å²) in [6.07, 6.45) is 1.18. The van der Waals surface area contributed by atoms with E-state index in [1.165, 1.54) is 43.7 Å². The molecule has 1 aliphatic rings. The standard InChI is InChI=1S/C17H29N3/c1-14-7-5-6-8-16(14)17(18-3)9-10-20-12-11-19(4)15(2)13-20/h5-8,15,17-18H,9-13H2,1-4H3. The number of hydrogen-bond acceptors (Lipinski definition) is 3. The second-order valence-corrected chi connectivity index (χ2v) is 6.12. The van der Waals surface area contributed by atoms with Gasteiger partial charge in [-0.05, 0) is 45.5 Å². The van der Waals surface area contributed by atoms with Crippen LogP contribution in [0, 0.1) is 6.92 Å². The number of hydrogen-bond donors (Lipinski definition) is 1. The number of piperazine rings is 1. The fraction of sp³-hybridized carbons (Fsp3) is 0.647. The summed E-state index contributed by atoms with van der Waals surface area (Å²) in [5.74, 6) is 0. The fourth-order valence-corrected chi connectivity index (χ4v) is 3.07. The van der Waals surface area contributed by atoms with Crippen molar-refractivity contribution in [1.29, 1.82) is 0 Å². The molecule has 3 nitrogen and oxygen atoms in total. The van der Waals surface area contributed by atoms with Gasteiger partial charge in [0.2, 0.25) is 0 Å². The van der Waals surface area contributed by atoms with Crippen molar-refractivity contribution in [3.8, 4) is 0 Å². The molecule has 0 saturated carbocycles. The largest absolute Gasteiger partial charge is 0.313 e. The summed E-state index contributed by atoms with van der Waals surface area (Å²) in [5.41, 5.74) is 2.83. The van der Waals surface area contributed by atoms with Gasteiger partial charge in [0.15, 0.2) is 0 Å². The molecule has 2 atom stereocenters. The smallest absolute Gasteiger partial charge is 0.0332 e. The van der Waals surface area contributed by atoms with Gasteiger partial charge in [-0.15, -0.1) is 0 Å². The molecular weight excluding hydrogens is 246 g/mol. The summed E-state index contributed by atoms with van der Waals surface area (Å²) in [5, 5.41) is 3.48. The molecule has 1 N–H and O–H groups in total. The second-order valence-electron chi connectivity index (χ2n) is 6.12. The first-order valence-electron chi connectivity index (χ1n) is 7.77. The highest BCUT2D eigenvalue weighted by Crippen LogP contribution is 2.21. The van der Waals surface area contributed by atoms with E-state index in [2.05, 4.69) is 67.3 Å². The zero-order valence-electron chi connectivity index (χ0n) is 13.4. The lowest BCUT2D eigenvalue weighted by molar-refractivity contribution is 0.102. The van der Waals surface area contributed by atoms with E-state index in [1.54, 1.807) is 0 Å². The van der Waals surface area contributed by atoms with Gasteiger partial charge in [-0.2, -0.15) is 0 Å². The van der Waals surface area contributed by atoms with Crippen LogP contribution in [0.3, 0.4) is 0 Å². The molecule has 2 rings (SSSR count). The van der Waals surface area contributed by atoms with Crippen LogP contribution in [0.5, 0.6) is 0 Å². The molecule has 1 aliphatic heterocycles. The molecule has 2 unspecified atom stereocenters. The van der Waals surface area contributed by atoms with Crippen LogP contribution in [0.1, 0.15) is 30.5 Å². The Morgan fingerprint density at radius 3 is 2.70 bits per heavy atom. The van der Waals surface area contributed by atoms with Crippen LogP contribution in [-0.2, 0) is 0 Å². The minimum atomic E-state index is 0.464. The van der Waals surface area contributed by atoms with Gasteiger partial charge in [0.05, 0.1) is 0 Å². The van der Waals surface area contributed by atoms with E-state index in [-0.39, 0.29) is 0 Å². The zero-order chi connectivity index (χ0) is 14.5. The van der Waals surface area contributed by atoms with Crippen LogP contribution in [0.4, 0.5) is 0 Å². The highest BCUT2D eigenvalue weighted by Gasteiger charge is 2.21. The molecule has 0 aliphatic carbocycles. The van der Waals surface area contributed by atoms with Crippen molar-refractivity contribution in [2.24, 2.45) is 0 Å². The summed E-state index contributed by atoms with van der Waals surface area (Å²) in [7, 11) is 4.30. The third-order valence-electron chi connectivity index (χ3n) is 4.69. The van der Waals surface area contributed by atoms with Gasteiger partial charge in [0, 0.05) is 38.3 Å². The van der Waals surface area contributed by atoms with Gasteiger partial charge in [0.1, 0.15) is 0 Å². The summed E-state index contributed by atoms with van der Waals surface area (Å²) in [6, 6.07) is 9.86. The van der Waals surface area contributed by atoms with Crippen LogP contribution in [-0.4, -0.2) is 56.1 Å². The Hall–Kier alpha value is -0.900. The second kappa shape index (κ2) is 7.21. The first kappa shape index (κ1) is 15.5. The SMILES string of the molecule is CNC(CCN1CCN(C)C(C)C1)c1ccccc1C. The van der Waals surface area contributed by atoms with Crippen molar-refractivity contribution in [2.75, 3.05) is 40.3 Å². The molecule has 0 amide bonds. The molecule has 0 aromatic heterocycles. The number of likely N-dealkylation sites (N-methyl/N-ethyl adjacent to an activating group) is 1. The maximum absolute atomic E-state index is 3.48. The lowest BCUT2D eigenvalue weighted by Gasteiger charge is -2.38. The predicted octanol–water partition coefficient (Wildman–Crippen LogP) is 2.28. The maximum Gasteiger partial charge on any atom is 0.0332 e. The van der Waals surface area contributed by atoms with E-state index < -0.39 is 0 Å². The molecule has 0 bridgehead atoms. The third kappa shape index (κ3) is 3.81. The summed E-state index contributed by atoms with van der Waals surface area (Å²) < 4.78 is 0. The van der Waals surface area contributed by atoms with Crippen molar-refractivity contribution in [2.45, 2.75) is 32.4 Å². The normalized spacial score (nSPS) is 22.9. The average molecular weight is 275 g/mol. The molecular formula is C17H29N3. The van der Waals surface area contributed by atoms with E-state index in [9.17, 15) is 0 Å². The molecule has 1 heterocycles. The fourth-order valence-electron chi connectivity index (χ4n) is 3.07. The number of nitrogens with zero attached hydrogens (tertiary/aromatic N) is 2. The van der Waals surface area contributed by atoms with Gasteiger partial charge in [0.25, 0.3) is 0 Å². The van der Waals surface area contributed by atoms with Crippen molar-refractivity contribution >= 4 is 0 Å². The van der Waals surface area contributed by atoms with Gasteiger partial charge >= 0.3 is 0 Å². The molecule has 0 radical (unpaired) electrons. The minimum absolute atomic E-state index is 0.464. The van der Waals surface area contributed by atoms with E-state index >= 15 is 0 Å². The molecule has 0 spiro atoms. The number of aryl methyl sites for hydroxylation is 1. The van der Waals surface area contributed by atoms with Gasteiger partial charge in [-0.3, -0.25) is 0 Å². The van der Waals surface area contributed by atoms with Crippen LogP contribution >= 0.6 is 0 Å². The highest BCUT2D eigenvalue weighted by atomic mass is 15.3. The average Bonchev–Trinajstić information content (AvgIpc) is 2.45. The molecule has 3 heteroatoms. The van der Waals surface area contributed by atoms with Crippen LogP contribution in [0.2, 0.25) is 0 Å². The first-order chi connectivity index (χ1) is 9.61. The van der Waals surface area contributed by atoms with Gasteiger partial charge < -0.3 is 15.1 Å². The van der Waals surface area contributed by atoms with E-state index in [4.69, 9.17) is 0 Å². The Morgan fingerprint density at radius 2 is 2.05 bits per heavy atom. The molecule has 1 fully saturated rings. The quantitative estimate of drug-likeness (QED) is 0.889. The van der Waals surface area contributed by atoms with Crippen molar-refractivity contribution in [3.63, 3.8) is 0 Å². The molecule has 1 aromatic rings. The minimum Gasteiger partial charge on any atom is -0.313 e. The number of rotatable bonds is 5.